The number of aliphatic hydroxyl groups excluding tert-OH is 1. The molecular weight excluding hydrogens is 236 g/mol. The van der Waals surface area contributed by atoms with E-state index in [0.717, 1.165) is 18.6 Å². The van der Waals surface area contributed by atoms with Crippen molar-refractivity contribution in [1.82, 2.24) is 0 Å². The molecule has 0 bridgehead atoms. The van der Waals surface area contributed by atoms with Gasteiger partial charge < -0.3 is 9.84 Å². The van der Waals surface area contributed by atoms with Crippen molar-refractivity contribution in [1.29, 1.82) is 0 Å². The van der Waals surface area contributed by atoms with E-state index in [1.807, 2.05) is 0 Å². The zero-order valence-corrected chi connectivity index (χ0v) is 12.0. The van der Waals surface area contributed by atoms with Gasteiger partial charge in [0.2, 0.25) is 0 Å². The van der Waals surface area contributed by atoms with Crippen LogP contribution in [0.3, 0.4) is 0 Å². The van der Waals surface area contributed by atoms with E-state index in [1.54, 1.807) is 0 Å². The molecule has 0 saturated heterocycles. The van der Waals surface area contributed by atoms with Crippen molar-refractivity contribution in [2.24, 2.45) is 11.3 Å². The maximum Gasteiger partial charge on any atom is 0.0823 e. The minimum Gasteiger partial charge on any atom is -0.388 e. The number of hydrogen-bond donors (Lipinski definition) is 1. The molecule has 0 radical (unpaired) electrons. The van der Waals surface area contributed by atoms with Gasteiger partial charge in [0.05, 0.1) is 19.3 Å². The summed E-state index contributed by atoms with van der Waals surface area (Å²) in [6.45, 7) is 6.03. The molecule has 1 heterocycles. The molecule has 2 unspecified atom stereocenters. The van der Waals surface area contributed by atoms with E-state index in [-0.39, 0.29) is 11.5 Å². The number of ether oxygens (including phenoxy) is 1. The van der Waals surface area contributed by atoms with Crippen LogP contribution in [0, 0.1) is 11.3 Å². The van der Waals surface area contributed by atoms with Gasteiger partial charge in [-0.2, -0.15) is 0 Å². The molecule has 1 aromatic rings. The molecule has 1 N–H and O–H groups in total. The van der Waals surface area contributed by atoms with Crippen LogP contribution in [0.1, 0.15) is 62.3 Å². The van der Waals surface area contributed by atoms with Crippen LogP contribution >= 0.6 is 0 Å². The van der Waals surface area contributed by atoms with Crippen LogP contribution in [-0.2, 0) is 18.0 Å². The Kier molecular flexibility index (Phi) is 3.40. The summed E-state index contributed by atoms with van der Waals surface area (Å²) in [7, 11) is 0. The highest BCUT2D eigenvalue weighted by molar-refractivity contribution is 5.34. The Balaban J connectivity index is 1.85. The quantitative estimate of drug-likeness (QED) is 0.872. The van der Waals surface area contributed by atoms with Gasteiger partial charge in [0, 0.05) is 0 Å². The average molecular weight is 260 g/mol. The lowest BCUT2D eigenvalue weighted by Crippen LogP contribution is -2.32. The molecule has 2 nitrogen and oxygen atoms in total. The topological polar surface area (TPSA) is 29.5 Å². The van der Waals surface area contributed by atoms with E-state index in [9.17, 15) is 5.11 Å². The highest BCUT2D eigenvalue weighted by atomic mass is 16.5. The molecule has 2 aliphatic rings. The summed E-state index contributed by atoms with van der Waals surface area (Å²) >= 11 is 0. The van der Waals surface area contributed by atoms with Crippen LogP contribution < -0.4 is 0 Å². The number of benzene rings is 1. The molecule has 0 aromatic heterocycles. The normalized spacial score (nSPS) is 27.0. The van der Waals surface area contributed by atoms with Crippen molar-refractivity contribution in [3.05, 3.63) is 34.9 Å². The van der Waals surface area contributed by atoms with Crippen LogP contribution in [0.25, 0.3) is 0 Å². The SMILES string of the molecule is CC1(C)CCCCC1C(O)c1ccc2c(c1)COC2. The van der Waals surface area contributed by atoms with Crippen LogP contribution in [0.15, 0.2) is 18.2 Å². The predicted molar refractivity (Wildman–Crippen MR) is 75.6 cm³/mol. The lowest BCUT2D eigenvalue weighted by Gasteiger charge is -2.41. The van der Waals surface area contributed by atoms with E-state index in [4.69, 9.17) is 4.74 Å². The second-order valence-electron chi connectivity index (χ2n) is 6.81. The van der Waals surface area contributed by atoms with Crippen molar-refractivity contribution in [2.75, 3.05) is 0 Å². The molecule has 104 valence electrons. The molecule has 1 fully saturated rings. The summed E-state index contributed by atoms with van der Waals surface area (Å²) in [5.74, 6) is 0.377. The van der Waals surface area contributed by atoms with Gasteiger partial charge in [-0.05, 0) is 40.9 Å². The average Bonchev–Trinajstić information content (AvgIpc) is 2.84. The number of aliphatic hydroxyl groups is 1. The summed E-state index contributed by atoms with van der Waals surface area (Å²) < 4.78 is 5.45. The number of rotatable bonds is 2. The molecule has 1 aromatic carbocycles. The van der Waals surface area contributed by atoms with Gasteiger partial charge in [-0.1, -0.05) is 44.9 Å². The summed E-state index contributed by atoms with van der Waals surface area (Å²) in [5.41, 5.74) is 3.85. The maximum absolute atomic E-state index is 10.8. The Morgan fingerprint density at radius 1 is 1.21 bits per heavy atom. The second kappa shape index (κ2) is 4.92. The molecule has 0 amide bonds. The van der Waals surface area contributed by atoms with E-state index in [1.165, 1.54) is 30.4 Å². The first kappa shape index (κ1) is 13.1. The fourth-order valence-electron chi connectivity index (χ4n) is 3.71. The fourth-order valence-corrected chi connectivity index (χ4v) is 3.71. The zero-order chi connectivity index (χ0) is 13.5. The molecule has 0 spiro atoms. The van der Waals surface area contributed by atoms with Crippen molar-refractivity contribution in [2.45, 2.75) is 58.8 Å². The lowest BCUT2D eigenvalue weighted by molar-refractivity contribution is 0.00380. The molecular formula is C17H24O2. The number of fused-ring (bicyclic) bond motifs is 1. The van der Waals surface area contributed by atoms with E-state index in [0.29, 0.717) is 12.5 Å². The minimum absolute atomic E-state index is 0.243. The summed E-state index contributed by atoms with van der Waals surface area (Å²) in [6.07, 6.45) is 4.58. The monoisotopic (exact) mass is 260 g/mol. The number of hydrogen-bond acceptors (Lipinski definition) is 2. The first-order valence-corrected chi connectivity index (χ1v) is 7.45. The first-order chi connectivity index (χ1) is 9.08. The van der Waals surface area contributed by atoms with E-state index in [2.05, 4.69) is 32.0 Å². The summed E-state index contributed by atoms with van der Waals surface area (Å²) in [6, 6.07) is 6.36. The summed E-state index contributed by atoms with van der Waals surface area (Å²) in [4.78, 5) is 0. The minimum atomic E-state index is -0.332. The fraction of sp³-hybridized carbons (Fsp3) is 0.647. The Labute approximate surface area is 115 Å². The van der Waals surface area contributed by atoms with Crippen molar-refractivity contribution in [3.8, 4) is 0 Å². The highest BCUT2D eigenvalue weighted by Crippen LogP contribution is 2.47. The lowest BCUT2D eigenvalue weighted by atomic mass is 9.65. The van der Waals surface area contributed by atoms with Gasteiger partial charge in [0.15, 0.2) is 0 Å². The van der Waals surface area contributed by atoms with Gasteiger partial charge in [0.25, 0.3) is 0 Å². The smallest absolute Gasteiger partial charge is 0.0823 e. The van der Waals surface area contributed by atoms with Gasteiger partial charge >= 0.3 is 0 Å². The molecule has 1 saturated carbocycles. The third kappa shape index (κ3) is 2.44. The van der Waals surface area contributed by atoms with Crippen molar-refractivity contribution < 1.29 is 9.84 Å². The highest BCUT2D eigenvalue weighted by Gasteiger charge is 2.37. The van der Waals surface area contributed by atoms with E-state index >= 15 is 0 Å². The third-order valence-electron chi connectivity index (χ3n) is 5.06. The van der Waals surface area contributed by atoms with Gasteiger partial charge in [-0.15, -0.1) is 0 Å². The standard InChI is InChI=1S/C17H24O2/c1-17(2)8-4-3-5-15(17)16(18)12-6-7-13-10-19-11-14(13)9-12/h6-7,9,15-16,18H,3-5,8,10-11H2,1-2H3. The van der Waals surface area contributed by atoms with Gasteiger partial charge in [0.1, 0.15) is 0 Å². The molecule has 1 aliphatic heterocycles. The Hall–Kier alpha value is -0.860. The first-order valence-electron chi connectivity index (χ1n) is 7.45. The Morgan fingerprint density at radius 3 is 2.79 bits per heavy atom. The van der Waals surface area contributed by atoms with Crippen LogP contribution in [-0.4, -0.2) is 5.11 Å². The van der Waals surface area contributed by atoms with Crippen LogP contribution in [0.4, 0.5) is 0 Å². The Morgan fingerprint density at radius 2 is 2.00 bits per heavy atom. The summed E-state index contributed by atoms with van der Waals surface area (Å²) in [5, 5.41) is 10.8. The maximum atomic E-state index is 10.8. The van der Waals surface area contributed by atoms with Crippen LogP contribution in [0.2, 0.25) is 0 Å². The predicted octanol–water partition coefficient (Wildman–Crippen LogP) is 3.97. The largest absolute Gasteiger partial charge is 0.388 e. The van der Waals surface area contributed by atoms with Crippen molar-refractivity contribution in [3.63, 3.8) is 0 Å². The third-order valence-corrected chi connectivity index (χ3v) is 5.06. The molecule has 2 heteroatoms. The van der Waals surface area contributed by atoms with E-state index < -0.39 is 0 Å². The van der Waals surface area contributed by atoms with Gasteiger partial charge in [-0.25, -0.2) is 0 Å². The second-order valence-corrected chi connectivity index (χ2v) is 6.81. The van der Waals surface area contributed by atoms with Gasteiger partial charge in [-0.3, -0.25) is 0 Å². The molecule has 1 aliphatic carbocycles. The molecule has 2 atom stereocenters. The van der Waals surface area contributed by atoms with Crippen LogP contribution in [0.5, 0.6) is 0 Å². The zero-order valence-electron chi connectivity index (χ0n) is 12.0. The molecule has 3 rings (SSSR count). The molecule has 19 heavy (non-hydrogen) atoms. The Bertz CT molecular complexity index is 464. The van der Waals surface area contributed by atoms with Crippen molar-refractivity contribution >= 4 is 0 Å².